The van der Waals surface area contributed by atoms with Gasteiger partial charge in [0, 0.05) is 0 Å². The van der Waals surface area contributed by atoms with E-state index in [2.05, 4.69) is 16.0 Å². The first-order chi connectivity index (χ1) is 9.76. The van der Waals surface area contributed by atoms with Gasteiger partial charge in [-0.25, -0.2) is 4.79 Å². The van der Waals surface area contributed by atoms with Crippen molar-refractivity contribution in [2.75, 3.05) is 10.6 Å². The van der Waals surface area contributed by atoms with Crippen molar-refractivity contribution in [2.24, 2.45) is 0 Å². The maximum Gasteiger partial charge on any atom is 0.408 e. The van der Waals surface area contributed by atoms with Crippen LogP contribution in [0.5, 0.6) is 0 Å². The molecule has 1 aromatic carbocycles. The molecule has 2 rings (SSSR count). The summed E-state index contributed by atoms with van der Waals surface area (Å²) < 4.78 is 5.04. The van der Waals surface area contributed by atoms with Gasteiger partial charge >= 0.3 is 6.09 Å². The quantitative estimate of drug-likeness (QED) is 0.683. The van der Waals surface area contributed by atoms with E-state index in [0.717, 1.165) is 0 Å². The van der Waals surface area contributed by atoms with E-state index in [4.69, 9.17) is 4.74 Å². The number of carbonyl (C=O) groups is 3. The molecule has 0 saturated carbocycles. The number of rotatable bonds is 1. The van der Waals surface area contributed by atoms with Crippen LogP contribution < -0.4 is 16.0 Å². The predicted octanol–water partition coefficient (Wildman–Crippen LogP) is 1.47. The summed E-state index contributed by atoms with van der Waals surface area (Å²) in [4.78, 5) is 35.8. The molecule has 3 amide bonds. The molecule has 7 heteroatoms. The van der Waals surface area contributed by atoms with Crippen molar-refractivity contribution in [3.05, 3.63) is 24.3 Å². The molecule has 0 aliphatic carbocycles. The van der Waals surface area contributed by atoms with Gasteiger partial charge in [0.05, 0.1) is 11.4 Å². The van der Waals surface area contributed by atoms with E-state index in [1.54, 1.807) is 45.0 Å². The molecule has 3 N–H and O–H groups in total. The Morgan fingerprint density at radius 2 is 1.57 bits per heavy atom. The van der Waals surface area contributed by atoms with Crippen LogP contribution in [0.25, 0.3) is 0 Å². The second kappa shape index (κ2) is 5.43. The van der Waals surface area contributed by atoms with E-state index >= 15 is 0 Å². The summed E-state index contributed by atoms with van der Waals surface area (Å²) in [5.41, 5.74) is 0.235. The molecule has 1 aromatic rings. The average Bonchev–Trinajstić information content (AvgIpc) is 2.46. The van der Waals surface area contributed by atoms with E-state index in [9.17, 15) is 14.4 Å². The fourth-order valence-electron chi connectivity index (χ4n) is 1.79. The number of benzene rings is 1. The maximum atomic E-state index is 12.0. The second-order valence-corrected chi connectivity index (χ2v) is 5.60. The zero-order valence-corrected chi connectivity index (χ0v) is 12.0. The molecule has 21 heavy (non-hydrogen) atoms. The lowest BCUT2D eigenvalue weighted by atomic mass is 10.2. The van der Waals surface area contributed by atoms with Gasteiger partial charge in [-0.3, -0.25) is 9.59 Å². The average molecular weight is 291 g/mol. The lowest BCUT2D eigenvalue weighted by Crippen LogP contribution is -2.51. The monoisotopic (exact) mass is 291 g/mol. The van der Waals surface area contributed by atoms with Crippen LogP contribution in [0.3, 0.4) is 0 Å². The molecule has 0 atom stereocenters. The van der Waals surface area contributed by atoms with Crippen LogP contribution in [0.2, 0.25) is 0 Å². The Labute approximate surface area is 122 Å². The third-order valence-electron chi connectivity index (χ3n) is 2.63. The molecular formula is C14H17N3O4. The predicted molar refractivity (Wildman–Crippen MR) is 76.9 cm³/mol. The molecule has 7 nitrogen and oxygen atoms in total. The van der Waals surface area contributed by atoms with Crippen molar-refractivity contribution in [1.82, 2.24) is 5.32 Å². The van der Waals surface area contributed by atoms with Crippen LogP contribution in [0.4, 0.5) is 16.2 Å². The van der Waals surface area contributed by atoms with Gasteiger partial charge in [-0.2, -0.15) is 0 Å². The number of anilines is 2. The number of hydrogen-bond donors (Lipinski definition) is 3. The van der Waals surface area contributed by atoms with Crippen molar-refractivity contribution in [3.63, 3.8) is 0 Å². The number of hydrogen-bond acceptors (Lipinski definition) is 4. The zero-order valence-electron chi connectivity index (χ0n) is 12.0. The van der Waals surface area contributed by atoms with Gasteiger partial charge in [0.1, 0.15) is 5.60 Å². The maximum absolute atomic E-state index is 12.0. The molecule has 1 aliphatic rings. The molecule has 0 fully saturated rings. The van der Waals surface area contributed by atoms with Crippen LogP contribution in [-0.4, -0.2) is 29.6 Å². The van der Waals surface area contributed by atoms with Crippen LogP contribution in [0.1, 0.15) is 20.8 Å². The molecule has 1 heterocycles. The summed E-state index contributed by atoms with van der Waals surface area (Å²) in [6, 6.07) is 5.42. The number of fused-ring (bicyclic) bond motifs is 1. The molecule has 0 radical (unpaired) electrons. The van der Waals surface area contributed by atoms with Crippen molar-refractivity contribution < 1.29 is 19.1 Å². The van der Waals surface area contributed by atoms with Crippen LogP contribution in [-0.2, 0) is 14.3 Å². The molecule has 112 valence electrons. The summed E-state index contributed by atoms with van der Waals surface area (Å²) >= 11 is 0. The minimum atomic E-state index is -1.35. The number of amides is 3. The molecule has 0 spiro atoms. The first-order valence-electron chi connectivity index (χ1n) is 6.46. The first-order valence-corrected chi connectivity index (χ1v) is 6.46. The lowest BCUT2D eigenvalue weighted by molar-refractivity contribution is -0.126. The van der Waals surface area contributed by atoms with Crippen molar-refractivity contribution in [1.29, 1.82) is 0 Å². The van der Waals surface area contributed by atoms with Crippen LogP contribution >= 0.6 is 0 Å². The zero-order chi connectivity index (χ0) is 15.6. The molecular weight excluding hydrogens is 274 g/mol. The van der Waals surface area contributed by atoms with Gasteiger partial charge in [-0.1, -0.05) is 12.1 Å². The topological polar surface area (TPSA) is 96.5 Å². The Kier molecular flexibility index (Phi) is 3.84. The van der Waals surface area contributed by atoms with E-state index in [1.807, 2.05) is 0 Å². The summed E-state index contributed by atoms with van der Waals surface area (Å²) in [5.74, 6) is -1.24. The van der Waals surface area contributed by atoms with E-state index in [1.165, 1.54) is 0 Å². The fraction of sp³-hybridized carbons (Fsp3) is 0.357. The minimum Gasteiger partial charge on any atom is -0.444 e. The molecule has 0 saturated heterocycles. The number of nitrogens with one attached hydrogen (secondary N) is 3. The first kappa shape index (κ1) is 14.8. The largest absolute Gasteiger partial charge is 0.444 e. The van der Waals surface area contributed by atoms with Gasteiger partial charge in [0.15, 0.2) is 6.04 Å². The Hall–Kier alpha value is -2.57. The van der Waals surface area contributed by atoms with Crippen molar-refractivity contribution in [3.8, 4) is 0 Å². The normalized spacial score (nSPS) is 15.4. The Morgan fingerprint density at radius 3 is 2.00 bits per heavy atom. The number of ether oxygens (including phenoxy) is 1. The number of carbonyl (C=O) groups excluding carboxylic acids is 3. The van der Waals surface area contributed by atoms with E-state index in [-0.39, 0.29) is 0 Å². The fourth-order valence-corrected chi connectivity index (χ4v) is 1.79. The Morgan fingerprint density at radius 1 is 1.10 bits per heavy atom. The summed E-state index contributed by atoms with van der Waals surface area (Å²) in [6.07, 6.45) is -0.830. The Bertz CT molecular complexity index is 555. The van der Waals surface area contributed by atoms with Crippen molar-refractivity contribution in [2.45, 2.75) is 32.4 Å². The van der Waals surface area contributed by atoms with Gasteiger partial charge in [0.2, 0.25) is 0 Å². The molecule has 0 unspecified atom stereocenters. The number of alkyl carbamates (subject to hydrolysis) is 1. The smallest absolute Gasteiger partial charge is 0.408 e. The van der Waals surface area contributed by atoms with Gasteiger partial charge < -0.3 is 20.7 Å². The van der Waals surface area contributed by atoms with Crippen LogP contribution in [0, 0.1) is 0 Å². The third kappa shape index (κ3) is 3.71. The van der Waals surface area contributed by atoms with Gasteiger partial charge in [0.25, 0.3) is 11.8 Å². The number of para-hydroxylation sites is 2. The SMILES string of the molecule is CC(C)(C)OC(=O)NC1C(=O)Nc2ccccc2NC1=O. The highest BCUT2D eigenvalue weighted by molar-refractivity contribution is 6.19. The van der Waals surface area contributed by atoms with E-state index in [0.29, 0.717) is 11.4 Å². The Balaban J connectivity index is 2.13. The highest BCUT2D eigenvalue weighted by Crippen LogP contribution is 2.23. The van der Waals surface area contributed by atoms with Gasteiger partial charge in [-0.15, -0.1) is 0 Å². The van der Waals surface area contributed by atoms with Crippen molar-refractivity contribution >= 4 is 29.3 Å². The highest BCUT2D eigenvalue weighted by atomic mass is 16.6. The highest BCUT2D eigenvalue weighted by Gasteiger charge is 2.33. The molecule has 0 aromatic heterocycles. The van der Waals surface area contributed by atoms with E-state index < -0.39 is 29.6 Å². The second-order valence-electron chi connectivity index (χ2n) is 5.60. The lowest BCUT2D eigenvalue weighted by Gasteiger charge is -2.21. The summed E-state index contributed by atoms with van der Waals surface area (Å²) in [7, 11) is 0. The molecule has 1 aliphatic heterocycles. The summed E-state index contributed by atoms with van der Waals surface area (Å²) in [5, 5.41) is 7.42. The minimum absolute atomic E-state index is 0.476. The van der Waals surface area contributed by atoms with Gasteiger partial charge in [-0.05, 0) is 32.9 Å². The standard InChI is InChI=1S/C14H17N3O4/c1-14(2,3)21-13(20)17-10-11(18)15-8-6-4-5-7-9(8)16-12(10)19/h4-7,10H,1-3H3,(H,15,18)(H,16,19)(H,17,20). The molecule has 0 bridgehead atoms. The third-order valence-corrected chi connectivity index (χ3v) is 2.63. The summed E-state index contributed by atoms with van der Waals surface area (Å²) in [6.45, 7) is 5.07. The van der Waals surface area contributed by atoms with Crippen LogP contribution in [0.15, 0.2) is 24.3 Å².